The van der Waals surface area contributed by atoms with Crippen molar-refractivity contribution in [3.63, 3.8) is 0 Å². The number of likely N-dealkylation sites (tertiary alicyclic amines) is 1. The highest BCUT2D eigenvalue weighted by Crippen LogP contribution is 2.21. The zero-order chi connectivity index (χ0) is 17.2. The van der Waals surface area contributed by atoms with Crippen LogP contribution >= 0.6 is 0 Å². The summed E-state index contributed by atoms with van der Waals surface area (Å²) in [5, 5.41) is 3.02. The van der Waals surface area contributed by atoms with E-state index in [1.165, 1.54) is 5.56 Å². The molecule has 0 unspecified atom stereocenters. The van der Waals surface area contributed by atoms with Crippen LogP contribution in [0, 0.1) is 5.92 Å². The Hall–Kier alpha value is -1.59. The van der Waals surface area contributed by atoms with Gasteiger partial charge < -0.3 is 14.8 Å². The second-order valence-corrected chi connectivity index (χ2v) is 6.27. The van der Waals surface area contributed by atoms with Gasteiger partial charge >= 0.3 is 0 Å². The van der Waals surface area contributed by atoms with Crippen LogP contribution in [0.25, 0.3) is 0 Å². The first-order valence-electron chi connectivity index (χ1n) is 8.93. The monoisotopic (exact) mass is 334 g/mol. The van der Waals surface area contributed by atoms with Gasteiger partial charge in [-0.25, -0.2) is 0 Å². The normalized spacial score (nSPS) is 16.1. The van der Waals surface area contributed by atoms with Crippen LogP contribution in [0.5, 0.6) is 5.75 Å². The molecule has 1 amide bonds. The number of piperidine rings is 1. The first kappa shape index (κ1) is 18.7. The maximum absolute atomic E-state index is 12.2. The summed E-state index contributed by atoms with van der Waals surface area (Å²) < 4.78 is 10.6. The molecular formula is C19H30N2O3. The fourth-order valence-corrected chi connectivity index (χ4v) is 3.08. The van der Waals surface area contributed by atoms with Crippen molar-refractivity contribution in [1.29, 1.82) is 0 Å². The van der Waals surface area contributed by atoms with E-state index in [1.807, 2.05) is 19.1 Å². The number of nitrogens with one attached hydrogen (secondary N) is 1. The summed E-state index contributed by atoms with van der Waals surface area (Å²) in [6.07, 6.45) is 2.74. The number of carbonyl (C=O) groups is 1. The van der Waals surface area contributed by atoms with Gasteiger partial charge in [-0.15, -0.1) is 0 Å². The number of hydrogen-bond acceptors (Lipinski definition) is 4. The van der Waals surface area contributed by atoms with Crippen LogP contribution in [-0.4, -0.2) is 50.8 Å². The number of hydrogen-bond donors (Lipinski definition) is 1. The van der Waals surface area contributed by atoms with Crippen molar-refractivity contribution in [3.05, 3.63) is 29.8 Å². The molecule has 5 nitrogen and oxygen atoms in total. The molecule has 1 fully saturated rings. The lowest BCUT2D eigenvalue weighted by Gasteiger charge is -2.31. The molecule has 24 heavy (non-hydrogen) atoms. The van der Waals surface area contributed by atoms with Crippen LogP contribution in [0.4, 0.5) is 0 Å². The SMILES string of the molecule is CCOc1cccc(CN2CCC(C(=O)NCCCOC)CC2)c1. The molecule has 1 aromatic carbocycles. The average molecular weight is 334 g/mol. The molecule has 0 radical (unpaired) electrons. The molecule has 1 heterocycles. The summed E-state index contributed by atoms with van der Waals surface area (Å²) in [6.45, 7) is 6.94. The van der Waals surface area contributed by atoms with Crippen LogP contribution in [0.3, 0.4) is 0 Å². The quantitative estimate of drug-likeness (QED) is 0.705. The second kappa shape index (κ2) is 10.3. The molecule has 2 rings (SSSR count). The third kappa shape index (κ3) is 6.13. The summed E-state index contributed by atoms with van der Waals surface area (Å²) in [6, 6.07) is 8.28. The van der Waals surface area contributed by atoms with Gasteiger partial charge in [-0.2, -0.15) is 0 Å². The number of carbonyl (C=O) groups excluding carboxylic acids is 1. The predicted molar refractivity (Wildman–Crippen MR) is 95.1 cm³/mol. The standard InChI is InChI=1S/C19H30N2O3/c1-3-24-18-7-4-6-16(14-18)15-21-11-8-17(9-12-21)19(22)20-10-5-13-23-2/h4,6-7,14,17H,3,5,8-13,15H2,1-2H3,(H,20,22). The van der Waals surface area contributed by atoms with Gasteiger partial charge in [0.2, 0.25) is 5.91 Å². The lowest BCUT2D eigenvalue weighted by atomic mass is 9.95. The summed E-state index contributed by atoms with van der Waals surface area (Å²) in [4.78, 5) is 14.6. The van der Waals surface area contributed by atoms with Gasteiger partial charge in [-0.1, -0.05) is 12.1 Å². The Morgan fingerprint density at radius 2 is 2.12 bits per heavy atom. The van der Waals surface area contributed by atoms with Crippen LogP contribution in [-0.2, 0) is 16.1 Å². The molecule has 1 aliphatic heterocycles. The molecule has 1 saturated heterocycles. The maximum atomic E-state index is 12.2. The van der Waals surface area contributed by atoms with Crippen molar-refractivity contribution < 1.29 is 14.3 Å². The van der Waals surface area contributed by atoms with Gasteiger partial charge in [0.25, 0.3) is 0 Å². The van der Waals surface area contributed by atoms with Gasteiger partial charge in [0, 0.05) is 32.7 Å². The molecule has 1 aromatic rings. The Bertz CT molecular complexity index is 499. The third-order valence-electron chi connectivity index (χ3n) is 4.40. The lowest BCUT2D eigenvalue weighted by molar-refractivity contribution is -0.126. The number of benzene rings is 1. The van der Waals surface area contributed by atoms with Crippen LogP contribution in [0.1, 0.15) is 31.7 Å². The number of amides is 1. The predicted octanol–water partition coefficient (Wildman–Crippen LogP) is 2.45. The van der Waals surface area contributed by atoms with E-state index in [4.69, 9.17) is 9.47 Å². The van der Waals surface area contributed by atoms with Crippen molar-refractivity contribution in [2.24, 2.45) is 5.92 Å². The molecule has 134 valence electrons. The highest BCUT2D eigenvalue weighted by Gasteiger charge is 2.24. The largest absolute Gasteiger partial charge is 0.494 e. The topological polar surface area (TPSA) is 50.8 Å². The lowest BCUT2D eigenvalue weighted by Crippen LogP contribution is -2.40. The Labute approximate surface area is 145 Å². The van der Waals surface area contributed by atoms with E-state index in [0.29, 0.717) is 19.8 Å². The molecule has 0 aliphatic carbocycles. The van der Waals surface area contributed by atoms with Gasteiger partial charge in [-0.3, -0.25) is 9.69 Å². The molecule has 0 atom stereocenters. The Balaban J connectivity index is 1.72. The van der Waals surface area contributed by atoms with Gasteiger partial charge in [0.05, 0.1) is 6.61 Å². The van der Waals surface area contributed by atoms with E-state index in [9.17, 15) is 4.79 Å². The fourth-order valence-electron chi connectivity index (χ4n) is 3.08. The minimum Gasteiger partial charge on any atom is -0.494 e. The zero-order valence-electron chi connectivity index (χ0n) is 14.9. The maximum Gasteiger partial charge on any atom is 0.223 e. The van der Waals surface area contributed by atoms with E-state index in [2.05, 4.69) is 22.3 Å². The molecule has 0 bridgehead atoms. The van der Waals surface area contributed by atoms with E-state index in [0.717, 1.165) is 44.6 Å². The fraction of sp³-hybridized carbons (Fsp3) is 0.632. The first-order valence-corrected chi connectivity index (χ1v) is 8.93. The van der Waals surface area contributed by atoms with E-state index >= 15 is 0 Å². The minimum absolute atomic E-state index is 0.151. The first-order chi connectivity index (χ1) is 11.7. The molecule has 1 aliphatic rings. The van der Waals surface area contributed by atoms with Crippen molar-refractivity contribution in [2.75, 3.05) is 40.0 Å². The number of rotatable bonds is 9. The van der Waals surface area contributed by atoms with Crippen LogP contribution in [0.15, 0.2) is 24.3 Å². The highest BCUT2D eigenvalue weighted by molar-refractivity contribution is 5.78. The Morgan fingerprint density at radius 3 is 2.83 bits per heavy atom. The number of methoxy groups -OCH3 is 1. The van der Waals surface area contributed by atoms with Crippen molar-refractivity contribution in [1.82, 2.24) is 10.2 Å². The van der Waals surface area contributed by atoms with Gasteiger partial charge in [0.1, 0.15) is 5.75 Å². The summed E-state index contributed by atoms with van der Waals surface area (Å²) >= 11 is 0. The zero-order valence-corrected chi connectivity index (χ0v) is 14.9. The summed E-state index contributed by atoms with van der Waals surface area (Å²) in [5.41, 5.74) is 1.27. The van der Waals surface area contributed by atoms with Gasteiger partial charge in [0.15, 0.2) is 0 Å². The molecule has 5 heteroatoms. The second-order valence-electron chi connectivity index (χ2n) is 6.27. The third-order valence-corrected chi connectivity index (χ3v) is 4.40. The molecule has 1 N–H and O–H groups in total. The number of nitrogens with zero attached hydrogens (tertiary/aromatic N) is 1. The molecule has 0 saturated carbocycles. The average Bonchev–Trinajstić information content (AvgIpc) is 2.60. The minimum atomic E-state index is 0.151. The Kier molecular flexibility index (Phi) is 8.05. The van der Waals surface area contributed by atoms with Crippen LogP contribution in [0.2, 0.25) is 0 Å². The Morgan fingerprint density at radius 1 is 1.33 bits per heavy atom. The van der Waals surface area contributed by atoms with Crippen molar-refractivity contribution in [2.45, 2.75) is 32.7 Å². The summed E-state index contributed by atoms with van der Waals surface area (Å²) in [5.74, 6) is 1.28. The van der Waals surface area contributed by atoms with Crippen molar-refractivity contribution >= 4 is 5.91 Å². The van der Waals surface area contributed by atoms with Crippen molar-refractivity contribution in [3.8, 4) is 5.75 Å². The van der Waals surface area contributed by atoms with E-state index in [-0.39, 0.29) is 11.8 Å². The smallest absolute Gasteiger partial charge is 0.223 e. The molecule has 0 spiro atoms. The molecule has 0 aromatic heterocycles. The number of ether oxygens (including phenoxy) is 2. The van der Waals surface area contributed by atoms with Crippen LogP contribution < -0.4 is 10.1 Å². The summed E-state index contributed by atoms with van der Waals surface area (Å²) in [7, 11) is 1.68. The van der Waals surface area contributed by atoms with E-state index < -0.39 is 0 Å². The van der Waals surface area contributed by atoms with Gasteiger partial charge in [-0.05, 0) is 57.0 Å². The molecular weight excluding hydrogens is 304 g/mol. The highest BCUT2D eigenvalue weighted by atomic mass is 16.5. The van der Waals surface area contributed by atoms with E-state index in [1.54, 1.807) is 7.11 Å².